The molecule has 1 aromatic carbocycles. The molecule has 1 amide bonds. The number of benzene rings is 1. The Balaban J connectivity index is 2.82. The Hall–Kier alpha value is -0.830. The lowest BCUT2D eigenvalue weighted by atomic mass is 10.1. The maximum absolute atomic E-state index is 11.4. The number of aryl methyl sites for hydroxylation is 1. The molecule has 0 radical (unpaired) electrons. The molecule has 2 nitrogen and oxygen atoms in total. The molecular weight excluding hydrogens is 242 g/mol. The standard InChI is InChI=1S/C11H14BrNO/c1-7(2)11(14)13-10-5-4-9(12)6-8(10)3/h4-7H,1-3H3,(H,13,14). The predicted octanol–water partition coefficient (Wildman–Crippen LogP) is 3.35. The smallest absolute Gasteiger partial charge is 0.226 e. The average molecular weight is 256 g/mol. The van der Waals surface area contributed by atoms with Gasteiger partial charge in [0.1, 0.15) is 0 Å². The Kier molecular flexibility index (Phi) is 3.69. The minimum absolute atomic E-state index is 0.0121. The van der Waals surface area contributed by atoms with Crippen molar-refractivity contribution in [3.8, 4) is 0 Å². The monoisotopic (exact) mass is 255 g/mol. The van der Waals surface area contributed by atoms with Crippen LogP contribution in [0.1, 0.15) is 19.4 Å². The van der Waals surface area contributed by atoms with Crippen molar-refractivity contribution in [2.24, 2.45) is 5.92 Å². The van der Waals surface area contributed by atoms with Gasteiger partial charge in [-0.25, -0.2) is 0 Å². The summed E-state index contributed by atoms with van der Waals surface area (Å²) in [4.78, 5) is 11.4. The summed E-state index contributed by atoms with van der Waals surface area (Å²) >= 11 is 3.38. The van der Waals surface area contributed by atoms with Crippen molar-refractivity contribution in [1.82, 2.24) is 0 Å². The molecule has 0 aliphatic carbocycles. The molecule has 0 atom stereocenters. The van der Waals surface area contributed by atoms with Crippen LogP contribution in [0.2, 0.25) is 0 Å². The lowest BCUT2D eigenvalue weighted by Crippen LogP contribution is -2.18. The molecular formula is C11H14BrNO. The van der Waals surface area contributed by atoms with E-state index in [2.05, 4.69) is 21.2 Å². The van der Waals surface area contributed by atoms with Gasteiger partial charge in [-0.3, -0.25) is 4.79 Å². The third-order valence-electron chi connectivity index (χ3n) is 1.97. The summed E-state index contributed by atoms with van der Waals surface area (Å²) in [5, 5.41) is 2.88. The summed E-state index contributed by atoms with van der Waals surface area (Å²) in [6.07, 6.45) is 0. The van der Waals surface area contributed by atoms with Crippen molar-refractivity contribution in [2.75, 3.05) is 5.32 Å². The second-order valence-electron chi connectivity index (χ2n) is 3.60. The van der Waals surface area contributed by atoms with Gasteiger partial charge in [0.15, 0.2) is 0 Å². The Bertz CT molecular complexity index is 347. The minimum atomic E-state index is 0.0121. The first kappa shape index (κ1) is 11.2. The van der Waals surface area contributed by atoms with E-state index in [4.69, 9.17) is 0 Å². The van der Waals surface area contributed by atoms with Crippen molar-refractivity contribution in [1.29, 1.82) is 0 Å². The van der Waals surface area contributed by atoms with E-state index in [9.17, 15) is 4.79 Å². The summed E-state index contributed by atoms with van der Waals surface area (Å²) < 4.78 is 1.03. The summed E-state index contributed by atoms with van der Waals surface area (Å²) in [5.74, 6) is 0.0634. The van der Waals surface area contributed by atoms with E-state index in [0.29, 0.717) is 0 Å². The van der Waals surface area contributed by atoms with Gasteiger partial charge in [0.2, 0.25) is 5.91 Å². The third kappa shape index (κ3) is 2.84. The van der Waals surface area contributed by atoms with Crippen LogP contribution < -0.4 is 5.32 Å². The predicted molar refractivity (Wildman–Crippen MR) is 62.3 cm³/mol. The van der Waals surface area contributed by atoms with Crippen molar-refractivity contribution in [3.05, 3.63) is 28.2 Å². The van der Waals surface area contributed by atoms with E-state index in [1.165, 1.54) is 0 Å². The molecule has 0 heterocycles. The van der Waals surface area contributed by atoms with Gasteiger partial charge in [-0.05, 0) is 30.7 Å². The quantitative estimate of drug-likeness (QED) is 0.863. The molecule has 0 aliphatic rings. The van der Waals surface area contributed by atoms with Crippen molar-refractivity contribution in [3.63, 3.8) is 0 Å². The Morgan fingerprint density at radius 3 is 2.57 bits per heavy atom. The number of hydrogen-bond acceptors (Lipinski definition) is 1. The molecule has 0 saturated heterocycles. The fourth-order valence-electron chi connectivity index (χ4n) is 1.04. The molecule has 0 fully saturated rings. The normalized spacial score (nSPS) is 10.4. The summed E-state index contributed by atoms with van der Waals surface area (Å²) in [5.41, 5.74) is 1.94. The van der Waals surface area contributed by atoms with Crippen molar-refractivity contribution >= 4 is 27.5 Å². The number of amides is 1. The summed E-state index contributed by atoms with van der Waals surface area (Å²) in [7, 11) is 0. The molecule has 0 aliphatic heterocycles. The number of halogens is 1. The van der Waals surface area contributed by atoms with Crippen LogP contribution in [0.4, 0.5) is 5.69 Å². The van der Waals surface area contributed by atoms with Gasteiger partial charge in [-0.15, -0.1) is 0 Å². The molecule has 0 saturated carbocycles. The van der Waals surface area contributed by atoms with E-state index in [1.807, 2.05) is 39.0 Å². The summed E-state index contributed by atoms with van der Waals surface area (Å²) in [6.45, 7) is 5.73. The van der Waals surface area contributed by atoms with Crippen LogP contribution in [0.3, 0.4) is 0 Å². The number of rotatable bonds is 2. The van der Waals surface area contributed by atoms with Gasteiger partial charge >= 0.3 is 0 Å². The maximum Gasteiger partial charge on any atom is 0.226 e. The Morgan fingerprint density at radius 1 is 1.43 bits per heavy atom. The topological polar surface area (TPSA) is 29.1 Å². The van der Waals surface area contributed by atoms with Crippen LogP contribution in [0.5, 0.6) is 0 Å². The van der Waals surface area contributed by atoms with Crippen LogP contribution in [0.15, 0.2) is 22.7 Å². The first-order valence-corrected chi connectivity index (χ1v) is 5.37. The van der Waals surface area contributed by atoms with E-state index in [-0.39, 0.29) is 11.8 Å². The number of carbonyl (C=O) groups is 1. The first-order chi connectivity index (χ1) is 6.50. The lowest BCUT2D eigenvalue weighted by Gasteiger charge is -2.10. The van der Waals surface area contributed by atoms with Crippen LogP contribution >= 0.6 is 15.9 Å². The van der Waals surface area contributed by atoms with Gasteiger partial charge in [-0.1, -0.05) is 29.8 Å². The largest absolute Gasteiger partial charge is 0.326 e. The number of carbonyl (C=O) groups excluding carboxylic acids is 1. The maximum atomic E-state index is 11.4. The second-order valence-corrected chi connectivity index (χ2v) is 4.52. The number of anilines is 1. The summed E-state index contributed by atoms with van der Waals surface area (Å²) in [6, 6.07) is 5.80. The molecule has 0 unspecified atom stereocenters. The Labute approximate surface area is 92.8 Å². The first-order valence-electron chi connectivity index (χ1n) is 4.57. The fraction of sp³-hybridized carbons (Fsp3) is 0.364. The zero-order valence-corrected chi connectivity index (χ0v) is 10.2. The third-order valence-corrected chi connectivity index (χ3v) is 2.46. The zero-order valence-electron chi connectivity index (χ0n) is 8.60. The van der Waals surface area contributed by atoms with Crippen molar-refractivity contribution < 1.29 is 4.79 Å². The van der Waals surface area contributed by atoms with E-state index in [0.717, 1.165) is 15.7 Å². The van der Waals surface area contributed by atoms with Crippen molar-refractivity contribution in [2.45, 2.75) is 20.8 Å². The number of hydrogen-bond donors (Lipinski definition) is 1. The molecule has 1 rings (SSSR count). The molecule has 0 spiro atoms. The van der Waals surface area contributed by atoms with Crippen LogP contribution in [-0.2, 0) is 4.79 Å². The zero-order chi connectivity index (χ0) is 10.7. The van der Waals surface area contributed by atoms with E-state index >= 15 is 0 Å². The molecule has 76 valence electrons. The lowest BCUT2D eigenvalue weighted by molar-refractivity contribution is -0.118. The molecule has 3 heteroatoms. The van der Waals surface area contributed by atoms with Crippen LogP contribution in [-0.4, -0.2) is 5.91 Å². The average Bonchev–Trinajstić information content (AvgIpc) is 2.09. The van der Waals surface area contributed by atoms with Gasteiger partial charge in [0.05, 0.1) is 0 Å². The van der Waals surface area contributed by atoms with Gasteiger partial charge in [0.25, 0.3) is 0 Å². The molecule has 1 N–H and O–H groups in total. The Morgan fingerprint density at radius 2 is 2.07 bits per heavy atom. The van der Waals surface area contributed by atoms with Gasteiger partial charge in [0, 0.05) is 16.1 Å². The number of nitrogens with one attached hydrogen (secondary N) is 1. The molecule has 0 aromatic heterocycles. The molecule has 1 aromatic rings. The van der Waals surface area contributed by atoms with Crippen LogP contribution in [0.25, 0.3) is 0 Å². The highest BCUT2D eigenvalue weighted by atomic mass is 79.9. The van der Waals surface area contributed by atoms with E-state index in [1.54, 1.807) is 0 Å². The molecule has 0 bridgehead atoms. The van der Waals surface area contributed by atoms with E-state index < -0.39 is 0 Å². The second kappa shape index (κ2) is 4.60. The highest BCUT2D eigenvalue weighted by Crippen LogP contribution is 2.20. The minimum Gasteiger partial charge on any atom is -0.326 e. The fourth-order valence-corrected chi connectivity index (χ4v) is 1.52. The van der Waals surface area contributed by atoms with Gasteiger partial charge in [-0.2, -0.15) is 0 Å². The highest BCUT2D eigenvalue weighted by molar-refractivity contribution is 9.10. The SMILES string of the molecule is Cc1cc(Br)ccc1NC(=O)C(C)C. The van der Waals surface area contributed by atoms with Crippen LogP contribution in [0, 0.1) is 12.8 Å². The highest BCUT2D eigenvalue weighted by Gasteiger charge is 2.08. The van der Waals surface area contributed by atoms with Gasteiger partial charge < -0.3 is 5.32 Å². The molecule has 14 heavy (non-hydrogen) atoms.